The summed E-state index contributed by atoms with van der Waals surface area (Å²) in [7, 11) is 0. The molecule has 0 amide bonds. The topological polar surface area (TPSA) is 64.7 Å². The van der Waals surface area contributed by atoms with Crippen molar-refractivity contribution in [3.05, 3.63) is 65.8 Å². The van der Waals surface area contributed by atoms with Crippen LogP contribution in [-0.4, -0.2) is 5.78 Å². The number of nitriles is 2. The van der Waals surface area contributed by atoms with E-state index in [9.17, 15) is 4.79 Å². The van der Waals surface area contributed by atoms with Crippen LogP contribution < -0.4 is 0 Å². The van der Waals surface area contributed by atoms with Crippen LogP contribution in [0.5, 0.6) is 0 Å². The Bertz CT molecular complexity index is 720. The summed E-state index contributed by atoms with van der Waals surface area (Å²) < 4.78 is 1.50. The van der Waals surface area contributed by atoms with Crippen molar-refractivity contribution in [3.8, 4) is 12.1 Å². The number of ketones is 1. The summed E-state index contributed by atoms with van der Waals surface area (Å²) >= 11 is 4.07. The summed E-state index contributed by atoms with van der Waals surface area (Å²) in [5.74, 6) is -0.116. The first-order valence-corrected chi connectivity index (χ1v) is 7.66. The largest absolute Gasteiger partial charge is 0.289 e. The molecule has 0 aromatic heterocycles. The Morgan fingerprint density at radius 2 is 1.25 bits per heavy atom. The van der Waals surface area contributed by atoms with Crippen LogP contribution >= 0.6 is 45.2 Å². The lowest BCUT2D eigenvalue weighted by Gasteiger charge is -2.04. The molecule has 5 heteroatoms. The first-order chi connectivity index (χ1) is 9.56. The monoisotopic (exact) mass is 484 g/mol. The van der Waals surface area contributed by atoms with Crippen molar-refractivity contribution >= 4 is 51.0 Å². The number of carbonyl (C=O) groups is 1. The van der Waals surface area contributed by atoms with E-state index in [1.165, 1.54) is 0 Å². The van der Waals surface area contributed by atoms with Crippen molar-refractivity contribution in [2.45, 2.75) is 0 Å². The van der Waals surface area contributed by atoms with Gasteiger partial charge in [-0.25, -0.2) is 0 Å². The number of nitrogens with zero attached hydrogens (tertiary/aromatic N) is 2. The molecule has 0 aliphatic carbocycles. The molecule has 0 radical (unpaired) electrons. The summed E-state index contributed by atoms with van der Waals surface area (Å²) in [6.07, 6.45) is 0. The van der Waals surface area contributed by atoms with E-state index in [0.717, 1.165) is 7.14 Å². The molecule has 2 rings (SSSR count). The molecule has 0 unspecified atom stereocenters. The molecule has 0 N–H and O–H groups in total. The zero-order valence-corrected chi connectivity index (χ0v) is 14.3. The molecule has 0 aliphatic heterocycles. The standard InChI is InChI=1S/C15H6I2N2O/c16-13-5-9(1-3-11(13)7-18)15(20)10-2-4-12(8-19)14(17)6-10/h1-6H. The van der Waals surface area contributed by atoms with Crippen LogP contribution in [0, 0.1) is 29.8 Å². The fourth-order valence-electron chi connectivity index (χ4n) is 1.66. The van der Waals surface area contributed by atoms with Crippen LogP contribution in [0.1, 0.15) is 27.0 Å². The third-order valence-electron chi connectivity index (χ3n) is 2.70. The molecule has 0 saturated carbocycles. The Morgan fingerprint density at radius 3 is 1.55 bits per heavy atom. The highest BCUT2D eigenvalue weighted by Gasteiger charge is 2.12. The third-order valence-corrected chi connectivity index (χ3v) is 4.49. The summed E-state index contributed by atoms with van der Waals surface area (Å²) in [5, 5.41) is 17.8. The van der Waals surface area contributed by atoms with E-state index < -0.39 is 0 Å². The minimum Gasteiger partial charge on any atom is -0.289 e. The van der Waals surface area contributed by atoms with E-state index in [0.29, 0.717) is 22.3 Å². The highest BCUT2D eigenvalue weighted by molar-refractivity contribution is 14.1. The van der Waals surface area contributed by atoms with Crippen molar-refractivity contribution < 1.29 is 4.79 Å². The van der Waals surface area contributed by atoms with E-state index >= 15 is 0 Å². The highest BCUT2D eigenvalue weighted by atomic mass is 127. The molecule has 0 aliphatic rings. The Kier molecular flexibility index (Phi) is 4.73. The lowest BCUT2D eigenvalue weighted by molar-refractivity contribution is 0.103. The number of benzene rings is 2. The Balaban J connectivity index is 2.42. The van der Waals surface area contributed by atoms with E-state index in [1.54, 1.807) is 36.4 Å². The van der Waals surface area contributed by atoms with E-state index in [4.69, 9.17) is 10.5 Å². The van der Waals surface area contributed by atoms with Crippen molar-refractivity contribution in [1.29, 1.82) is 10.5 Å². The Morgan fingerprint density at radius 1 is 0.850 bits per heavy atom. The van der Waals surface area contributed by atoms with Gasteiger partial charge in [0.2, 0.25) is 0 Å². The van der Waals surface area contributed by atoms with E-state index in [2.05, 4.69) is 12.1 Å². The molecule has 0 fully saturated rings. The molecule has 20 heavy (non-hydrogen) atoms. The van der Waals surface area contributed by atoms with Gasteiger partial charge in [-0.2, -0.15) is 10.5 Å². The minimum absolute atomic E-state index is 0.116. The maximum absolute atomic E-state index is 12.4. The molecule has 0 spiro atoms. The molecule has 3 nitrogen and oxygen atoms in total. The zero-order valence-electron chi connectivity index (χ0n) is 10.0. The highest BCUT2D eigenvalue weighted by Crippen LogP contribution is 2.19. The van der Waals surface area contributed by atoms with Crippen molar-refractivity contribution in [2.75, 3.05) is 0 Å². The quantitative estimate of drug-likeness (QED) is 0.481. The minimum atomic E-state index is -0.116. The SMILES string of the molecule is N#Cc1ccc(C(=O)c2ccc(C#N)c(I)c2)cc1I. The van der Waals surface area contributed by atoms with Gasteiger partial charge in [-0.1, -0.05) is 0 Å². The molecule has 0 heterocycles. The van der Waals surface area contributed by atoms with Gasteiger partial charge in [0.25, 0.3) is 0 Å². The molecular weight excluding hydrogens is 478 g/mol. The van der Waals surface area contributed by atoms with Crippen LogP contribution in [0.15, 0.2) is 36.4 Å². The second-order valence-corrected chi connectivity index (χ2v) is 6.27. The lowest BCUT2D eigenvalue weighted by Crippen LogP contribution is -2.03. The molecule has 0 atom stereocenters. The number of hydrogen-bond donors (Lipinski definition) is 0. The fraction of sp³-hybridized carbons (Fsp3) is 0. The maximum atomic E-state index is 12.4. The van der Waals surface area contributed by atoms with Gasteiger partial charge in [-0.15, -0.1) is 0 Å². The second kappa shape index (κ2) is 6.33. The first kappa shape index (κ1) is 14.9. The third kappa shape index (κ3) is 3.00. The summed E-state index contributed by atoms with van der Waals surface area (Å²) in [4.78, 5) is 12.4. The maximum Gasteiger partial charge on any atom is 0.193 e. The van der Waals surface area contributed by atoms with Crippen LogP contribution in [-0.2, 0) is 0 Å². The normalized spacial score (nSPS) is 9.60. The molecule has 0 bridgehead atoms. The van der Waals surface area contributed by atoms with Gasteiger partial charge in [0.05, 0.1) is 11.1 Å². The van der Waals surface area contributed by atoms with E-state index in [-0.39, 0.29) is 5.78 Å². The van der Waals surface area contributed by atoms with Gasteiger partial charge in [-0.05, 0) is 81.6 Å². The van der Waals surface area contributed by atoms with E-state index in [1.807, 2.05) is 45.2 Å². The van der Waals surface area contributed by atoms with Crippen molar-refractivity contribution in [2.24, 2.45) is 0 Å². The molecule has 2 aromatic carbocycles. The molecular formula is C15H6I2N2O. The second-order valence-electron chi connectivity index (χ2n) is 3.94. The van der Waals surface area contributed by atoms with Crippen molar-refractivity contribution in [3.63, 3.8) is 0 Å². The van der Waals surface area contributed by atoms with Crippen molar-refractivity contribution in [1.82, 2.24) is 0 Å². The summed E-state index contributed by atoms with van der Waals surface area (Å²) in [6.45, 7) is 0. The fourth-order valence-corrected chi connectivity index (χ4v) is 2.93. The average Bonchev–Trinajstić information content (AvgIpc) is 2.46. The van der Waals surface area contributed by atoms with Gasteiger partial charge >= 0.3 is 0 Å². The van der Waals surface area contributed by atoms with Crippen LogP contribution in [0.3, 0.4) is 0 Å². The van der Waals surface area contributed by atoms with Gasteiger partial charge in [0, 0.05) is 18.3 Å². The zero-order chi connectivity index (χ0) is 14.7. The van der Waals surface area contributed by atoms with Gasteiger partial charge in [0.1, 0.15) is 12.1 Å². The first-order valence-electron chi connectivity index (χ1n) is 5.51. The molecule has 0 saturated heterocycles. The Hall–Kier alpha value is -1.45. The number of hydrogen-bond acceptors (Lipinski definition) is 3. The van der Waals surface area contributed by atoms with Crippen LogP contribution in [0.25, 0.3) is 0 Å². The predicted octanol–water partition coefficient (Wildman–Crippen LogP) is 3.87. The Labute approximate surface area is 143 Å². The summed E-state index contributed by atoms with van der Waals surface area (Å²) in [5.41, 5.74) is 2.18. The average molecular weight is 484 g/mol. The number of rotatable bonds is 2. The number of halogens is 2. The number of carbonyl (C=O) groups excluding carboxylic acids is 1. The van der Waals surface area contributed by atoms with Gasteiger partial charge < -0.3 is 0 Å². The van der Waals surface area contributed by atoms with Gasteiger partial charge in [0.15, 0.2) is 5.78 Å². The van der Waals surface area contributed by atoms with Crippen LogP contribution in [0.2, 0.25) is 0 Å². The van der Waals surface area contributed by atoms with Gasteiger partial charge in [-0.3, -0.25) is 4.79 Å². The predicted molar refractivity (Wildman–Crippen MR) is 91.2 cm³/mol. The molecule has 96 valence electrons. The smallest absolute Gasteiger partial charge is 0.193 e. The van der Waals surface area contributed by atoms with Crippen LogP contribution in [0.4, 0.5) is 0 Å². The molecule has 2 aromatic rings. The lowest BCUT2D eigenvalue weighted by atomic mass is 10.0. The summed E-state index contributed by atoms with van der Waals surface area (Å²) in [6, 6.07) is 14.1.